The summed E-state index contributed by atoms with van der Waals surface area (Å²) in [5.41, 5.74) is 10.3. The molecule has 0 saturated carbocycles. The Bertz CT molecular complexity index is 745. The van der Waals surface area contributed by atoms with E-state index in [-0.39, 0.29) is 0 Å². The minimum Gasteiger partial charge on any atom is -0.398 e. The lowest BCUT2D eigenvalue weighted by molar-refractivity contribution is 1.28. The van der Waals surface area contributed by atoms with Gasteiger partial charge in [0.2, 0.25) is 0 Å². The van der Waals surface area contributed by atoms with Crippen LogP contribution < -0.4 is 11.1 Å². The zero-order chi connectivity index (χ0) is 13.4. The number of pyridine rings is 1. The highest BCUT2D eigenvalue weighted by molar-refractivity contribution is 5.78. The van der Waals surface area contributed by atoms with E-state index in [0.29, 0.717) is 5.65 Å². The second-order valence-electron chi connectivity index (χ2n) is 4.47. The molecule has 0 bridgehead atoms. The van der Waals surface area contributed by atoms with E-state index >= 15 is 0 Å². The van der Waals surface area contributed by atoms with E-state index in [0.717, 1.165) is 34.0 Å². The van der Waals surface area contributed by atoms with Crippen molar-refractivity contribution >= 4 is 22.7 Å². The number of fused-ring (bicyclic) bond motifs is 1. The Kier molecular flexibility index (Phi) is 2.59. The number of nitrogens with zero attached hydrogens (tertiary/aromatic N) is 2. The van der Waals surface area contributed by atoms with Gasteiger partial charge in [0.15, 0.2) is 5.65 Å². The fourth-order valence-electron chi connectivity index (χ4n) is 1.96. The number of aryl methyl sites for hydroxylation is 1. The molecule has 0 aliphatic carbocycles. The van der Waals surface area contributed by atoms with Crippen LogP contribution in [0, 0.1) is 6.92 Å². The lowest BCUT2D eigenvalue weighted by Crippen LogP contribution is -1.91. The predicted molar refractivity (Wildman–Crippen MR) is 78.0 cm³/mol. The van der Waals surface area contributed by atoms with Crippen LogP contribution in [0.1, 0.15) is 5.56 Å². The summed E-state index contributed by atoms with van der Waals surface area (Å²) in [6.07, 6.45) is 0. The molecule has 0 atom stereocenters. The van der Waals surface area contributed by atoms with Crippen molar-refractivity contribution in [3.63, 3.8) is 0 Å². The molecule has 4 N–H and O–H groups in total. The Morgan fingerprint density at radius 1 is 1.16 bits per heavy atom. The molecular formula is C14H15N5. The zero-order valence-electron chi connectivity index (χ0n) is 10.9. The van der Waals surface area contributed by atoms with Gasteiger partial charge in [-0.15, -0.1) is 0 Å². The molecule has 0 aliphatic heterocycles. The Hall–Kier alpha value is -2.56. The highest BCUT2D eigenvalue weighted by Gasteiger charge is 2.07. The van der Waals surface area contributed by atoms with Gasteiger partial charge in [0, 0.05) is 18.3 Å². The SMILES string of the molecule is CNc1ccc2[nH]c(-c3ccc(C)c(N)c3)nc2n1. The van der Waals surface area contributed by atoms with Gasteiger partial charge in [-0.25, -0.2) is 9.97 Å². The number of imidazole rings is 1. The first-order valence-electron chi connectivity index (χ1n) is 6.08. The number of aromatic nitrogens is 3. The number of H-pyrrole nitrogens is 1. The van der Waals surface area contributed by atoms with Gasteiger partial charge in [-0.05, 0) is 30.7 Å². The highest BCUT2D eigenvalue weighted by atomic mass is 15.0. The molecule has 0 unspecified atom stereocenters. The molecule has 0 spiro atoms. The lowest BCUT2D eigenvalue weighted by atomic mass is 10.1. The van der Waals surface area contributed by atoms with Gasteiger partial charge in [-0.3, -0.25) is 0 Å². The monoisotopic (exact) mass is 253 g/mol. The Balaban J connectivity index is 2.11. The van der Waals surface area contributed by atoms with Crippen molar-refractivity contribution in [2.75, 3.05) is 18.1 Å². The van der Waals surface area contributed by atoms with Crippen molar-refractivity contribution in [1.82, 2.24) is 15.0 Å². The maximum atomic E-state index is 5.93. The summed E-state index contributed by atoms with van der Waals surface area (Å²) in [7, 11) is 1.84. The Labute approximate surface area is 110 Å². The van der Waals surface area contributed by atoms with Gasteiger partial charge in [0.25, 0.3) is 0 Å². The maximum Gasteiger partial charge on any atom is 0.180 e. The van der Waals surface area contributed by atoms with E-state index in [2.05, 4.69) is 20.3 Å². The smallest absolute Gasteiger partial charge is 0.180 e. The molecule has 3 aromatic rings. The summed E-state index contributed by atoms with van der Waals surface area (Å²) in [5.74, 6) is 1.58. The van der Waals surface area contributed by atoms with Crippen LogP contribution in [-0.4, -0.2) is 22.0 Å². The Morgan fingerprint density at radius 3 is 2.74 bits per heavy atom. The third-order valence-corrected chi connectivity index (χ3v) is 3.15. The molecule has 0 radical (unpaired) electrons. The number of anilines is 2. The lowest BCUT2D eigenvalue weighted by Gasteiger charge is -2.01. The van der Waals surface area contributed by atoms with E-state index in [9.17, 15) is 0 Å². The van der Waals surface area contributed by atoms with Crippen molar-refractivity contribution in [2.45, 2.75) is 6.92 Å². The van der Waals surface area contributed by atoms with E-state index in [1.165, 1.54) is 0 Å². The standard InChI is InChI=1S/C14H15N5/c1-8-3-4-9(7-10(8)15)13-17-11-5-6-12(16-2)18-14(11)19-13/h3-7H,15H2,1-2H3,(H2,16,17,18,19). The summed E-state index contributed by atoms with van der Waals surface area (Å²) < 4.78 is 0. The molecule has 5 nitrogen and oxygen atoms in total. The minimum absolute atomic E-state index is 0.695. The third kappa shape index (κ3) is 1.99. The van der Waals surface area contributed by atoms with Crippen LogP contribution in [0.15, 0.2) is 30.3 Å². The zero-order valence-corrected chi connectivity index (χ0v) is 10.9. The number of rotatable bonds is 2. The molecule has 3 rings (SSSR count). The first-order chi connectivity index (χ1) is 9.17. The largest absolute Gasteiger partial charge is 0.398 e. The van der Waals surface area contributed by atoms with Gasteiger partial charge in [0.05, 0.1) is 5.52 Å². The summed E-state index contributed by atoms with van der Waals surface area (Å²) in [6.45, 7) is 1.98. The van der Waals surface area contributed by atoms with E-state index in [4.69, 9.17) is 5.73 Å². The normalized spacial score (nSPS) is 10.8. The fourth-order valence-corrected chi connectivity index (χ4v) is 1.96. The van der Waals surface area contributed by atoms with Crippen LogP contribution in [0.2, 0.25) is 0 Å². The second-order valence-corrected chi connectivity index (χ2v) is 4.47. The first-order valence-corrected chi connectivity index (χ1v) is 6.08. The van der Waals surface area contributed by atoms with Crippen LogP contribution in [0.5, 0.6) is 0 Å². The van der Waals surface area contributed by atoms with Gasteiger partial charge in [-0.1, -0.05) is 12.1 Å². The molecule has 19 heavy (non-hydrogen) atoms. The summed E-state index contributed by atoms with van der Waals surface area (Å²) in [5, 5.41) is 3.00. The molecule has 0 saturated heterocycles. The van der Waals surface area contributed by atoms with Gasteiger partial charge in [-0.2, -0.15) is 0 Å². The predicted octanol–water partition coefficient (Wildman–Crippen LogP) is 2.56. The van der Waals surface area contributed by atoms with Gasteiger partial charge in [0.1, 0.15) is 11.6 Å². The molecule has 2 aromatic heterocycles. The molecule has 0 amide bonds. The van der Waals surface area contributed by atoms with E-state index in [1.54, 1.807) is 0 Å². The van der Waals surface area contributed by atoms with Crippen LogP contribution in [0.3, 0.4) is 0 Å². The molecule has 0 fully saturated rings. The maximum absolute atomic E-state index is 5.93. The van der Waals surface area contributed by atoms with Crippen LogP contribution in [0.25, 0.3) is 22.6 Å². The molecule has 1 aromatic carbocycles. The van der Waals surface area contributed by atoms with Crippen LogP contribution >= 0.6 is 0 Å². The van der Waals surface area contributed by atoms with Crippen molar-refractivity contribution in [3.8, 4) is 11.4 Å². The van der Waals surface area contributed by atoms with E-state index in [1.807, 2.05) is 44.3 Å². The van der Waals surface area contributed by atoms with E-state index < -0.39 is 0 Å². The van der Waals surface area contributed by atoms with Gasteiger partial charge < -0.3 is 16.0 Å². The van der Waals surface area contributed by atoms with Crippen LogP contribution in [-0.2, 0) is 0 Å². The Morgan fingerprint density at radius 2 is 2.00 bits per heavy atom. The summed E-state index contributed by atoms with van der Waals surface area (Å²) in [6, 6.07) is 9.79. The number of benzene rings is 1. The number of hydrogen-bond donors (Lipinski definition) is 3. The minimum atomic E-state index is 0.695. The molecule has 2 heterocycles. The number of nitrogen functional groups attached to an aromatic ring is 1. The highest BCUT2D eigenvalue weighted by Crippen LogP contribution is 2.23. The number of hydrogen-bond acceptors (Lipinski definition) is 4. The first kappa shape index (κ1) is 11.5. The summed E-state index contributed by atoms with van der Waals surface area (Å²) >= 11 is 0. The number of aromatic amines is 1. The number of nitrogens with two attached hydrogens (primary N) is 1. The topological polar surface area (TPSA) is 79.6 Å². The average Bonchev–Trinajstić information content (AvgIpc) is 2.84. The quantitative estimate of drug-likeness (QED) is 0.613. The average molecular weight is 253 g/mol. The molecule has 96 valence electrons. The fraction of sp³-hybridized carbons (Fsp3) is 0.143. The van der Waals surface area contributed by atoms with Gasteiger partial charge >= 0.3 is 0 Å². The van der Waals surface area contributed by atoms with Crippen molar-refractivity contribution in [1.29, 1.82) is 0 Å². The van der Waals surface area contributed by atoms with Crippen LogP contribution in [0.4, 0.5) is 11.5 Å². The second kappa shape index (κ2) is 4.28. The molecule has 0 aliphatic rings. The molecular weight excluding hydrogens is 238 g/mol. The van der Waals surface area contributed by atoms with Crippen molar-refractivity contribution in [3.05, 3.63) is 35.9 Å². The molecule has 5 heteroatoms. The van der Waals surface area contributed by atoms with Crippen molar-refractivity contribution in [2.24, 2.45) is 0 Å². The number of nitrogens with one attached hydrogen (secondary N) is 2. The van der Waals surface area contributed by atoms with Crippen molar-refractivity contribution < 1.29 is 0 Å². The third-order valence-electron chi connectivity index (χ3n) is 3.15. The summed E-state index contributed by atoms with van der Waals surface area (Å²) in [4.78, 5) is 12.1.